The smallest absolute Gasteiger partial charge is 0.233 e. The first-order valence-electron chi connectivity index (χ1n) is 4.28. The first-order chi connectivity index (χ1) is 6.02. The standard InChI is InChI=1S/C8H17N3O2/c1-6(2)3-11-8(13)5-10-4-7(9)12/h6,10H,3-5H2,1-2H3,(H2,9,12)(H,11,13). The molecule has 0 aliphatic carbocycles. The number of rotatable bonds is 6. The molecule has 0 aromatic rings. The van der Waals surface area contributed by atoms with Gasteiger partial charge in [-0.2, -0.15) is 0 Å². The average molecular weight is 187 g/mol. The summed E-state index contributed by atoms with van der Waals surface area (Å²) in [6.45, 7) is 4.84. The van der Waals surface area contributed by atoms with E-state index in [9.17, 15) is 9.59 Å². The van der Waals surface area contributed by atoms with Gasteiger partial charge in [0, 0.05) is 6.54 Å². The van der Waals surface area contributed by atoms with Crippen LogP contribution in [0.5, 0.6) is 0 Å². The van der Waals surface area contributed by atoms with Crippen LogP contribution in [-0.2, 0) is 9.59 Å². The van der Waals surface area contributed by atoms with Gasteiger partial charge in [0.25, 0.3) is 0 Å². The van der Waals surface area contributed by atoms with E-state index in [1.54, 1.807) is 0 Å². The van der Waals surface area contributed by atoms with Gasteiger partial charge in [-0.05, 0) is 5.92 Å². The second kappa shape index (κ2) is 6.42. The van der Waals surface area contributed by atoms with Crippen molar-refractivity contribution in [1.82, 2.24) is 10.6 Å². The van der Waals surface area contributed by atoms with Crippen molar-refractivity contribution in [2.75, 3.05) is 19.6 Å². The largest absolute Gasteiger partial charge is 0.369 e. The molecule has 0 heterocycles. The summed E-state index contributed by atoms with van der Waals surface area (Å²) in [5.41, 5.74) is 4.87. The molecule has 0 atom stereocenters. The second-order valence-corrected chi connectivity index (χ2v) is 3.27. The van der Waals surface area contributed by atoms with Gasteiger partial charge in [-0.25, -0.2) is 0 Å². The number of primary amides is 1. The van der Waals surface area contributed by atoms with Gasteiger partial charge in [0.2, 0.25) is 11.8 Å². The zero-order valence-electron chi connectivity index (χ0n) is 8.09. The van der Waals surface area contributed by atoms with Gasteiger partial charge in [-0.3, -0.25) is 14.9 Å². The Morgan fingerprint density at radius 1 is 1.31 bits per heavy atom. The summed E-state index contributed by atoms with van der Waals surface area (Å²) in [5.74, 6) is -0.147. The maximum atomic E-state index is 11.0. The summed E-state index contributed by atoms with van der Waals surface area (Å²) >= 11 is 0. The zero-order valence-corrected chi connectivity index (χ0v) is 8.09. The molecule has 76 valence electrons. The van der Waals surface area contributed by atoms with Gasteiger partial charge >= 0.3 is 0 Å². The molecule has 0 fully saturated rings. The van der Waals surface area contributed by atoms with Crippen LogP contribution < -0.4 is 16.4 Å². The van der Waals surface area contributed by atoms with Crippen LogP contribution in [0, 0.1) is 5.92 Å². The van der Waals surface area contributed by atoms with Crippen molar-refractivity contribution in [1.29, 1.82) is 0 Å². The van der Waals surface area contributed by atoms with Crippen molar-refractivity contribution >= 4 is 11.8 Å². The normalized spacial score (nSPS) is 10.1. The van der Waals surface area contributed by atoms with Crippen LogP contribution >= 0.6 is 0 Å². The summed E-state index contributed by atoms with van der Waals surface area (Å²) in [7, 11) is 0. The van der Waals surface area contributed by atoms with Crippen molar-refractivity contribution in [3.05, 3.63) is 0 Å². The molecular weight excluding hydrogens is 170 g/mol. The fourth-order valence-corrected chi connectivity index (χ4v) is 0.680. The lowest BCUT2D eigenvalue weighted by Crippen LogP contribution is -2.39. The first-order valence-corrected chi connectivity index (χ1v) is 4.28. The maximum absolute atomic E-state index is 11.0. The van der Waals surface area contributed by atoms with E-state index in [0.29, 0.717) is 12.5 Å². The lowest BCUT2D eigenvalue weighted by Gasteiger charge is -2.07. The fraction of sp³-hybridized carbons (Fsp3) is 0.750. The Morgan fingerprint density at radius 3 is 2.38 bits per heavy atom. The van der Waals surface area contributed by atoms with E-state index in [4.69, 9.17) is 5.73 Å². The van der Waals surface area contributed by atoms with E-state index in [0.717, 1.165) is 0 Å². The minimum atomic E-state index is -0.461. The molecule has 0 saturated carbocycles. The van der Waals surface area contributed by atoms with Crippen LogP contribution in [0.3, 0.4) is 0 Å². The van der Waals surface area contributed by atoms with Crippen molar-refractivity contribution in [2.45, 2.75) is 13.8 Å². The molecule has 0 aromatic heterocycles. The monoisotopic (exact) mass is 187 g/mol. The predicted octanol–water partition coefficient (Wildman–Crippen LogP) is -1.17. The molecular formula is C8H17N3O2. The Balaban J connectivity index is 3.35. The van der Waals surface area contributed by atoms with Crippen molar-refractivity contribution in [2.24, 2.45) is 11.7 Å². The third-order valence-electron chi connectivity index (χ3n) is 1.29. The van der Waals surface area contributed by atoms with E-state index in [-0.39, 0.29) is 19.0 Å². The maximum Gasteiger partial charge on any atom is 0.233 e. The van der Waals surface area contributed by atoms with E-state index < -0.39 is 5.91 Å². The second-order valence-electron chi connectivity index (χ2n) is 3.27. The highest BCUT2D eigenvalue weighted by atomic mass is 16.2. The lowest BCUT2D eigenvalue weighted by molar-refractivity contribution is -0.120. The zero-order chi connectivity index (χ0) is 10.3. The van der Waals surface area contributed by atoms with Crippen LogP contribution in [0.4, 0.5) is 0 Å². The molecule has 0 aromatic carbocycles. The van der Waals surface area contributed by atoms with Crippen LogP contribution in [0.1, 0.15) is 13.8 Å². The number of carbonyl (C=O) groups is 2. The van der Waals surface area contributed by atoms with Gasteiger partial charge in [0.15, 0.2) is 0 Å². The number of carbonyl (C=O) groups excluding carboxylic acids is 2. The van der Waals surface area contributed by atoms with E-state index in [1.807, 2.05) is 13.8 Å². The average Bonchev–Trinajstić information content (AvgIpc) is 2.00. The molecule has 5 nitrogen and oxygen atoms in total. The van der Waals surface area contributed by atoms with Gasteiger partial charge in [-0.15, -0.1) is 0 Å². The Hall–Kier alpha value is -1.10. The van der Waals surface area contributed by atoms with Gasteiger partial charge in [0.1, 0.15) is 0 Å². The number of nitrogens with two attached hydrogens (primary N) is 1. The molecule has 4 N–H and O–H groups in total. The molecule has 2 amide bonds. The van der Waals surface area contributed by atoms with Gasteiger partial charge < -0.3 is 11.1 Å². The third kappa shape index (κ3) is 8.81. The van der Waals surface area contributed by atoms with Gasteiger partial charge in [-0.1, -0.05) is 13.8 Å². The highest BCUT2D eigenvalue weighted by molar-refractivity contribution is 5.80. The number of hydrogen-bond donors (Lipinski definition) is 3. The van der Waals surface area contributed by atoms with Crippen LogP contribution in [0.15, 0.2) is 0 Å². The molecule has 0 radical (unpaired) electrons. The van der Waals surface area contributed by atoms with Crippen LogP contribution in [0.2, 0.25) is 0 Å². The fourth-order valence-electron chi connectivity index (χ4n) is 0.680. The highest BCUT2D eigenvalue weighted by Gasteiger charge is 2.01. The summed E-state index contributed by atoms with van der Waals surface area (Å²) in [6, 6.07) is 0. The van der Waals surface area contributed by atoms with E-state index >= 15 is 0 Å². The SMILES string of the molecule is CC(C)CNC(=O)CNCC(N)=O. The van der Waals surface area contributed by atoms with E-state index in [2.05, 4.69) is 10.6 Å². The molecule has 0 aliphatic rings. The van der Waals surface area contributed by atoms with Gasteiger partial charge in [0.05, 0.1) is 13.1 Å². The van der Waals surface area contributed by atoms with Crippen molar-refractivity contribution in [3.8, 4) is 0 Å². The molecule has 13 heavy (non-hydrogen) atoms. The molecule has 0 rings (SSSR count). The summed E-state index contributed by atoms with van der Waals surface area (Å²) < 4.78 is 0. The van der Waals surface area contributed by atoms with Crippen molar-refractivity contribution in [3.63, 3.8) is 0 Å². The van der Waals surface area contributed by atoms with Crippen LogP contribution in [0.25, 0.3) is 0 Å². The Morgan fingerprint density at radius 2 is 1.92 bits per heavy atom. The highest BCUT2D eigenvalue weighted by Crippen LogP contribution is 1.85. The minimum absolute atomic E-state index is 0.0368. The molecule has 0 bridgehead atoms. The molecule has 0 spiro atoms. The predicted molar refractivity (Wildman–Crippen MR) is 49.9 cm³/mol. The first kappa shape index (κ1) is 11.9. The molecule has 0 unspecified atom stereocenters. The van der Waals surface area contributed by atoms with E-state index in [1.165, 1.54) is 0 Å². The number of amides is 2. The Labute approximate surface area is 78.1 Å². The third-order valence-corrected chi connectivity index (χ3v) is 1.29. The Kier molecular flexibility index (Phi) is 5.88. The summed E-state index contributed by atoms with van der Waals surface area (Å²) in [6.07, 6.45) is 0. The number of nitrogens with one attached hydrogen (secondary N) is 2. The lowest BCUT2D eigenvalue weighted by atomic mass is 10.2. The topological polar surface area (TPSA) is 84.2 Å². The Bertz CT molecular complexity index is 180. The molecule has 5 heteroatoms. The quantitative estimate of drug-likeness (QED) is 0.490. The number of hydrogen-bond acceptors (Lipinski definition) is 3. The minimum Gasteiger partial charge on any atom is -0.369 e. The molecule has 0 aliphatic heterocycles. The molecule has 0 saturated heterocycles. The van der Waals surface area contributed by atoms with Crippen molar-refractivity contribution < 1.29 is 9.59 Å². The van der Waals surface area contributed by atoms with Crippen LogP contribution in [-0.4, -0.2) is 31.4 Å². The summed E-state index contributed by atoms with van der Waals surface area (Å²) in [5, 5.41) is 5.32. The summed E-state index contributed by atoms with van der Waals surface area (Å²) in [4.78, 5) is 21.3.